The van der Waals surface area contributed by atoms with Gasteiger partial charge in [-0.25, -0.2) is 9.97 Å². The first-order chi connectivity index (χ1) is 16.3. The fraction of sp³-hybridized carbons (Fsp3) is 0.227. The molecule has 1 amide bonds. The normalized spacial score (nSPS) is 13.6. The van der Waals surface area contributed by atoms with Crippen LogP contribution in [0.4, 0.5) is 10.9 Å². The lowest BCUT2D eigenvalue weighted by atomic mass is 10.1. The van der Waals surface area contributed by atoms with Crippen LogP contribution in [0.15, 0.2) is 59.5 Å². The van der Waals surface area contributed by atoms with E-state index in [-0.39, 0.29) is 5.91 Å². The highest BCUT2D eigenvalue weighted by Gasteiger charge is 2.21. The van der Waals surface area contributed by atoms with Gasteiger partial charge in [0.15, 0.2) is 0 Å². The minimum absolute atomic E-state index is 0.297. The van der Waals surface area contributed by atoms with Crippen molar-refractivity contribution >= 4 is 28.2 Å². The van der Waals surface area contributed by atoms with Crippen molar-refractivity contribution in [2.75, 3.05) is 36.5 Å². The van der Waals surface area contributed by atoms with Gasteiger partial charge >= 0.3 is 0 Å². The van der Waals surface area contributed by atoms with E-state index in [0.29, 0.717) is 60.5 Å². The van der Waals surface area contributed by atoms with Crippen molar-refractivity contribution in [3.8, 4) is 16.6 Å². The highest BCUT2D eigenvalue weighted by molar-refractivity contribution is 7.17. The maximum Gasteiger partial charge on any atom is 0.296 e. The number of rotatable bonds is 7. The number of nitrogens with zero attached hydrogens (tertiary/aromatic N) is 5. The Morgan fingerprint density at radius 3 is 2.73 bits per heavy atom. The van der Waals surface area contributed by atoms with Gasteiger partial charge in [0.25, 0.3) is 11.1 Å². The van der Waals surface area contributed by atoms with Crippen molar-refractivity contribution in [3.63, 3.8) is 0 Å². The Bertz CT molecular complexity index is 1210. The molecule has 5 rings (SSSR count). The molecular weight excluding hydrogens is 444 g/mol. The first-order valence-corrected chi connectivity index (χ1v) is 11.1. The molecule has 1 aliphatic rings. The third-order valence-electron chi connectivity index (χ3n) is 4.96. The van der Waals surface area contributed by atoms with E-state index in [2.05, 4.69) is 25.5 Å². The number of carbonyl (C=O) groups is 1. The third kappa shape index (κ3) is 4.99. The Kier molecular flexibility index (Phi) is 6.22. The molecule has 0 atom stereocenters. The largest absolute Gasteiger partial charge is 0.464 e. The van der Waals surface area contributed by atoms with Crippen molar-refractivity contribution in [3.05, 3.63) is 66.2 Å². The van der Waals surface area contributed by atoms with E-state index in [1.807, 2.05) is 29.2 Å². The van der Waals surface area contributed by atoms with E-state index < -0.39 is 0 Å². The molecule has 1 N–H and O–H groups in total. The minimum atomic E-state index is -0.297. The second kappa shape index (κ2) is 9.76. The molecule has 10 nitrogen and oxygen atoms in total. The van der Waals surface area contributed by atoms with Gasteiger partial charge in [0.05, 0.1) is 25.0 Å². The fourth-order valence-electron chi connectivity index (χ4n) is 3.34. The van der Waals surface area contributed by atoms with Gasteiger partial charge in [-0.1, -0.05) is 17.2 Å². The predicted octanol–water partition coefficient (Wildman–Crippen LogP) is 3.26. The zero-order valence-electron chi connectivity index (χ0n) is 17.5. The van der Waals surface area contributed by atoms with E-state index in [1.165, 1.54) is 6.26 Å². The molecule has 1 aromatic carbocycles. The molecular formula is C22H20N6O4S. The molecule has 0 radical (unpaired) electrons. The molecule has 0 saturated carbocycles. The van der Waals surface area contributed by atoms with Crippen LogP contribution in [0.5, 0.6) is 5.19 Å². The predicted molar refractivity (Wildman–Crippen MR) is 121 cm³/mol. The van der Waals surface area contributed by atoms with Crippen LogP contribution in [0, 0.1) is 0 Å². The molecule has 0 spiro atoms. The number of anilines is 2. The van der Waals surface area contributed by atoms with E-state index >= 15 is 0 Å². The van der Waals surface area contributed by atoms with Gasteiger partial charge in [0.1, 0.15) is 18.7 Å². The van der Waals surface area contributed by atoms with Crippen molar-refractivity contribution in [1.82, 2.24) is 20.2 Å². The van der Waals surface area contributed by atoms with E-state index in [4.69, 9.17) is 13.9 Å². The number of morpholine rings is 1. The van der Waals surface area contributed by atoms with E-state index in [1.54, 1.807) is 24.5 Å². The topological polar surface area (TPSA) is 116 Å². The highest BCUT2D eigenvalue weighted by atomic mass is 32.1. The molecule has 1 fully saturated rings. The minimum Gasteiger partial charge on any atom is -0.464 e. The van der Waals surface area contributed by atoms with Gasteiger partial charge in [-0.3, -0.25) is 10.1 Å². The van der Waals surface area contributed by atoms with Crippen LogP contribution in [-0.2, 0) is 11.3 Å². The molecule has 4 aromatic rings. The number of nitrogens with one attached hydrogen (secondary N) is 1. The highest BCUT2D eigenvalue weighted by Crippen LogP contribution is 2.26. The Morgan fingerprint density at radius 1 is 1.09 bits per heavy atom. The number of ether oxygens (including phenoxy) is 2. The Morgan fingerprint density at radius 2 is 1.94 bits per heavy atom. The summed E-state index contributed by atoms with van der Waals surface area (Å²) in [6.07, 6.45) is 4.82. The van der Waals surface area contributed by atoms with Gasteiger partial charge in [0, 0.05) is 24.8 Å². The lowest BCUT2D eigenvalue weighted by molar-refractivity contribution is 0.102. The van der Waals surface area contributed by atoms with Crippen molar-refractivity contribution < 1.29 is 18.7 Å². The van der Waals surface area contributed by atoms with Gasteiger partial charge in [-0.2, -0.15) is 0 Å². The Balaban J connectivity index is 1.20. The number of carbonyl (C=O) groups excluding carboxylic acids is 1. The van der Waals surface area contributed by atoms with Crippen LogP contribution in [-0.4, -0.2) is 52.4 Å². The molecule has 11 heteroatoms. The monoisotopic (exact) mass is 464 g/mol. The third-order valence-corrected chi connectivity index (χ3v) is 5.72. The van der Waals surface area contributed by atoms with Gasteiger partial charge < -0.3 is 18.8 Å². The fourth-order valence-corrected chi connectivity index (χ4v) is 3.93. The van der Waals surface area contributed by atoms with Crippen LogP contribution >= 0.6 is 11.3 Å². The molecule has 33 heavy (non-hydrogen) atoms. The van der Waals surface area contributed by atoms with Gasteiger partial charge in [-0.15, -0.1) is 5.10 Å². The number of hydrogen-bond acceptors (Lipinski definition) is 10. The lowest BCUT2D eigenvalue weighted by Crippen LogP contribution is -2.38. The van der Waals surface area contributed by atoms with Crippen LogP contribution < -0.4 is 15.0 Å². The first-order valence-electron chi connectivity index (χ1n) is 10.3. The second-order valence-electron chi connectivity index (χ2n) is 7.12. The number of oxazole rings is 1. The lowest BCUT2D eigenvalue weighted by Gasteiger charge is -2.28. The molecule has 0 aliphatic carbocycles. The summed E-state index contributed by atoms with van der Waals surface area (Å²) in [6, 6.07) is 11.2. The second-order valence-corrected chi connectivity index (χ2v) is 8.06. The summed E-state index contributed by atoms with van der Waals surface area (Å²) in [6.45, 7) is 2.91. The summed E-state index contributed by atoms with van der Waals surface area (Å²) >= 11 is 1.16. The van der Waals surface area contributed by atoms with Crippen LogP contribution in [0.2, 0.25) is 0 Å². The smallest absolute Gasteiger partial charge is 0.296 e. The molecule has 0 unspecified atom stereocenters. The zero-order valence-corrected chi connectivity index (χ0v) is 18.3. The van der Waals surface area contributed by atoms with Crippen LogP contribution in [0.3, 0.4) is 0 Å². The van der Waals surface area contributed by atoms with Crippen molar-refractivity contribution in [2.24, 2.45) is 0 Å². The van der Waals surface area contributed by atoms with E-state index in [9.17, 15) is 4.79 Å². The number of pyridine rings is 1. The average Bonchev–Trinajstić information content (AvgIpc) is 3.56. The molecule has 4 heterocycles. The van der Waals surface area contributed by atoms with Crippen molar-refractivity contribution in [1.29, 1.82) is 0 Å². The number of aromatic nitrogens is 4. The maximum atomic E-state index is 12.9. The summed E-state index contributed by atoms with van der Waals surface area (Å²) in [5.41, 5.74) is 2.32. The molecule has 3 aromatic heterocycles. The van der Waals surface area contributed by atoms with Crippen LogP contribution in [0.25, 0.3) is 11.5 Å². The number of amides is 1. The zero-order chi connectivity index (χ0) is 22.5. The average molecular weight is 465 g/mol. The summed E-state index contributed by atoms with van der Waals surface area (Å²) in [4.78, 5) is 23.4. The molecule has 1 saturated heterocycles. The summed E-state index contributed by atoms with van der Waals surface area (Å²) in [5, 5.41) is 11.5. The Labute approximate surface area is 193 Å². The van der Waals surface area contributed by atoms with Crippen LogP contribution in [0.1, 0.15) is 15.9 Å². The van der Waals surface area contributed by atoms with Gasteiger partial charge in [-0.05, 0) is 41.2 Å². The van der Waals surface area contributed by atoms with Gasteiger partial charge in [0.2, 0.25) is 11.0 Å². The SMILES string of the molecule is O=C(Nc1nnc(OCc2ccc(-c3ncco3)cc2)s1)c1cccnc1N1CCOCC1. The maximum absolute atomic E-state index is 12.9. The van der Waals surface area contributed by atoms with Crippen molar-refractivity contribution in [2.45, 2.75) is 6.61 Å². The first kappa shape index (κ1) is 21.0. The summed E-state index contributed by atoms with van der Waals surface area (Å²) < 4.78 is 16.4. The van der Waals surface area contributed by atoms with E-state index in [0.717, 1.165) is 22.5 Å². The molecule has 168 valence electrons. The quantitative estimate of drug-likeness (QED) is 0.440. The molecule has 1 aliphatic heterocycles. The number of hydrogen-bond donors (Lipinski definition) is 1. The number of benzene rings is 1. The Hall–Kier alpha value is -3.83. The standard InChI is InChI=1S/C22H20N6O4S/c29-19(17-2-1-7-23-18(17)28-9-12-30-13-10-28)25-21-26-27-22(33-21)32-14-15-3-5-16(6-4-15)20-24-8-11-31-20/h1-8,11H,9-10,12-14H2,(H,25,26,29). The summed E-state index contributed by atoms with van der Waals surface area (Å²) in [7, 11) is 0. The summed E-state index contributed by atoms with van der Waals surface area (Å²) in [5.74, 6) is 0.902. The molecule has 0 bridgehead atoms.